The molecule has 31 heavy (non-hydrogen) atoms. The van der Waals surface area contributed by atoms with E-state index in [0.717, 1.165) is 5.69 Å². The number of imide groups is 1. The van der Waals surface area contributed by atoms with E-state index in [9.17, 15) is 19.5 Å². The molecule has 0 saturated carbocycles. The quantitative estimate of drug-likeness (QED) is 0.552. The maximum absolute atomic E-state index is 11.2. The van der Waals surface area contributed by atoms with Gasteiger partial charge in [0.05, 0.1) is 29.9 Å². The van der Waals surface area contributed by atoms with E-state index < -0.39 is 18.1 Å². The third-order valence-electron chi connectivity index (χ3n) is 4.88. The highest BCUT2D eigenvalue weighted by atomic mass is 16.5. The number of anilines is 1. The van der Waals surface area contributed by atoms with Gasteiger partial charge < -0.3 is 20.5 Å². The number of nitrogens with zero attached hydrogens (tertiary/aromatic N) is 4. The van der Waals surface area contributed by atoms with Crippen molar-refractivity contribution in [3.8, 4) is 6.07 Å². The minimum Gasteiger partial charge on any atom is -0.479 e. The molecular weight excluding hydrogens is 404 g/mol. The topological polar surface area (TPSA) is 172 Å². The Morgan fingerprint density at radius 1 is 1.29 bits per heavy atom. The summed E-state index contributed by atoms with van der Waals surface area (Å²) in [5, 5.41) is 20.5. The lowest BCUT2D eigenvalue weighted by atomic mass is 10.1. The summed E-state index contributed by atoms with van der Waals surface area (Å²) in [5.41, 5.74) is 7.61. The van der Waals surface area contributed by atoms with Crippen LogP contribution in [-0.2, 0) is 19.1 Å². The zero-order valence-electron chi connectivity index (χ0n) is 16.8. The third kappa shape index (κ3) is 5.11. The largest absolute Gasteiger partial charge is 0.479 e. The summed E-state index contributed by atoms with van der Waals surface area (Å²) < 4.78 is 5.43. The van der Waals surface area contributed by atoms with Crippen molar-refractivity contribution >= 4 is 34.5 Å². The first-order valence-electron chi connectivity index (χ1n) is 9.66. The second-order valence-electron chi connectivity index (χ2n) is 7.23. The van der Waals surface area contributed by atoms with Gasteiger partial charge in [0.1, 0.15) is 17.1 Å². The molecule has 0 spiro atoms. The van der Waals surface area contributed by atoms with Gasteiger partial charge in [0.15, 0.2) is 6.10 Å². The molecule has 4 N–H and O–H groups in total. The number of fused-ring (bicyclic) bond motifs is 1. The Morgan fingerprint density at radius 3 is 2.61 bits per heavy atom. The summed E-state index contributed by atoms with van der Waals surface area (Å²) in [6.07, 6.45) is 2.85. The van der Waals surface area contributed by atoms with Crippen LogP contribution in [0.5, 0.6) is 0 Å². The Hall–Kier alpha value is -3.62. The standard InChI is InChI=1S/C15H14N4O3.C5H8N2O2/c1-9-7-19(8-12(22-9)15(20)21)11-3-2-10(6-16)13-14(11)18-5-4-17-13;6-3-1-2-4(8)7-5(3)9/h2-5,9,12H,7-8H2,1H3,(H,20,21);3H,1-2,6H2,(H,7,8,9)/t9-,12-;/m1./s1. The number of nitrogens with two attached hydrogens (primary N) is 1. The molecule has 2 amide bonds. The van der Waals surface area contributed by atoms with Crippen molar-refractivity contribution in [2.45, 2.75) is 38.0 Å². The predicted octanol–water partition coefficient (Wildman–Crippen LogP) is -0.0699. The first kappa shape index (κ1) is 22.1. The number of carboxylic acids is 1. The van der Waals surface area contributed by atoms with Crippen LogP contribution in [0.3, 0.4) is 0 Å². The van der Waals surface area contributed by atoms with Crippen LogP contribution in [0.2, 0.25) is 0 Å². The van der Waals surface area contributed by atoms with E-state index in [1.54, 1.807) is 18.3 Å². The van der Waals surface area contributed by atoms with Crippen LogP contribution in [-0.4, -0.2) is 64.2 Å². The number of nitrogens with one attached hydrogen (secondary N) is 1. The Bertz CT molecular complexity index is 1050. The molecule has 0 bridgehead atoms. The van der Waals surface area contributed by atoms with E-state index in [-0.39, 0.29) is 24.5 Å². The van der Waals surface area contributed by atoms with Crippen LogP contribution in [0.4, 0.5) is 5.69 Å². The fourth-order valence-corrected chi connectivity index (χ4v) is 3.38. The molecule has 11 heteroatoms. The summed E-state index contributed by atoms with van der Waals surface area (Å²) in [6, 6.07) is 5.08. The van der Waals surface area contributed by atoms with Crippen LogP contribution in [0.25, 0.3) is 11.0 Å². The highest BCUT2D eigenvalue weighted by molar-refractivity contribution is 6.00. The number of carboxylic acid groups (broad SMARTS) is 1. The van der Waals surface area contributed by atoms with E-state index in [4.69, 9.17) is 15.7 Å². The lowest BCUT2D eigenvalue weighted by Gasteiger charge is -2.36. The maximum atomic E-state index is 11.2. The molecule has 4 rings (SSSR count). The Morgan fingerprint density at radius 2 is 2.00 bits per heavy atom. The van der Waals surface area contributed by atoms with E-state index in [1.165, 1.54) is 6.20 Å². The Balaban J connectivity index is 0.000000254. The Labute approximate surface area is 177 Å². The number of ether oxygens (including phenoxy) is 1. The average Bonchev–Trinajstić information content (AvgIpc) is 2.75. The van der Waals surface area contributed by atoms with Crippen molar-refractivity contribution in [3.05, 3.63) is 30.1 Å². The number of carbonyl (C=O) groups is 3. The molecular formula is C20H22N6O5. The first-order valence-corrected chi connectivity index (χ1v) is 9.66. The number of morpholine rings is 1. The molecule has 1 aromatic carbocycles. The average molecular weight is 426 g/mol. The first-order chi connectivity index (χ1) is 14.8. The minimum atomic E-state index is -0.986. The van der Waals surface area contributed by atoms with Crippen molar-refractivity contribution in [3.63, 3.8) is 0 Å². The minimum absolute atomic E-state index is 0.211. The number of carbonyl (C=O) groups excluding carboxylic acids is 2. The number of rotatable bonds is 2. The third-order valence-corrected chi connectivity index (χ3v) is 4.88. The van der Waals surface area contributed by atoms with Crippen LogP contribution in [0.15, 0.2) is 24.5 Å². The normalized spacial score (nSPS) is 23.4. The number of amides is 2. The summed E-state index contributed by atoms with van der Waals surface area (Å²) in [5.74, 6) is -1.56. The summed E-state index contributed by atoms with van der Waals surface area (Å²) in [4.78, 5) is 42.7. The van der Waals surface area contributed by atoms with Crippen molar-refractivity contribution in [1.29, 1.82) is 5.26 Å². The molecule has 3 atom stereocenters. The van der Waals surface area contributed by atoms with Gasteiger partial charge in [-0.2, -0.15) is 5.26 Å². The molecule has 0 aliphatic carbocycles. The van der Waals surface area contributed by atoms with Crippen molar-refractivity contribution in [2.24, 2.45) is 5.73 Å². The number of piperidine rings is 1. The molecule has 2 aliphatic heterocycles. The van der Waals surface area contributed by atoms with Gasteiger partial charge in [-0.05, 0) is 25.5 Å². The summed E-state index contributed by atoms with van der Waals surface area (Å²) >= 11 is 0. The fourth-order valence-electron chi connectivity index (χ4n) is 3.38. The molecule has 162 valence electrons. The van der Waals surface area contributed by atoms with Crippen LogP contribution in [0, 0.1) is 11.3 Å². The number of hydrogen-bond donors (Lipinski definition) is 3. The smallest absolute Gasteiger partial charge is 0.334 e. The molecule has 2 fully saturated rings. The van der Waals surface area contributed by atoms with Crippen molar-refractivity contribution in [1.82, 2.24) is 15.3 Å². The number of nitriles is 1. The van der Waals surface area contributed by atoms with Crippen LogP contribution >= 0.6 is 0 Å². The molecule has 11 nitrogen and oxygen atoms in total. The lowest BCUT2D eigenvalue weighted by Crippen LogP contribution is -2.49. The monoisotopic (exact) mass is 426 g/mol. The highest BCUT2D eigenvalue weighted by Gasteiger charge is 2.31. The highest BCUT2D eigenvalue weighted by Crippen LogP contribution is 2.28. The number of aliphatic carboxylic acids is 1. The van der Waals surface area contributed by atoms with Gasteiger partial charge in [0, 0.05) is 25.4 Å². The summed E-state index contributed by atoms with van der Waals surface area (Å²) in [6.45, 7) is 2.62. The maximum Gasteiger partial charge on any atom is 0.334 e. The molecule has 1 aromatic heterocycles. The van der Waals surface area contributed by atoms with Gasteiger partial charge in [-0.1, -0.05) is 0 Å². The van der Waals surface area contributed by atoms with Crippen molar-refractivity contribution in [2.75, 3.05) is 18.0 Å². The van der Waals surface area contributed by atoms with Crippen LogP contribution in [0.1, 0.15) is 25.3 Å². The van der Waals surface area contributed by atoms with Gasteiger partial charge >= 0.3 is 5.97 Å². The SMILES string of the molecule is C[C@@H]1CN(c2ccc(C#N)c3nccnc23)C[C@H](C(=O)O)O1.NC1CCC(=O)NC1=O. The summed E-state index contributed by atoms with van der Waals surface area (Å²) in [7, 11) is 0. The zero-order chi connectivity index (χ0) is 22.5. The van der Waals surface area contributed by atoms with Gasteiger partial charge in [-0.15, -0.1) is 0 Å². The number of benzene rings is 1. The lowest BCUT2D eigenvalue weighted by molar-refractivity contribution is -0.154. The number of hydrogen-bond acceptors (Lipinski definition) is 9. The van der Waals surface area contributed by atoms with E-state index >= 15 is 0 Å². The second kappa shape index (κ2) is 9.46. The van der Waals surface area contributed by atoms with Gasteiger partial charge in [0.2, 0.25) is 11.8 Å². The molecule has 2 saturated heterocycles. The molecule has 0 radical (unpaired) electrons. The zero-order valence-corrected chi connectivity index (χ0v) is 16.8. The molecule has 1 unspecified atom stereocenters. The van der Waals surface area contributed by atoms with Crippen LogP contribution < -0.4 is 16.0 Å². The molecule has 3 heterocycles. The van der Waals surface area contributed by atoms with E-state index in [1.807, 2.05) is 11.8 Å². The number of aromatic nitrogens is 2. The van der Waals surface area contributed by atoms with Crippen molar-refractivity contribution < 1.29 is 24.2 Å². The predicted molar refractivity (Wildman–Crippen MR) is 109 cm³/mol. The second-order valence-corrected chi connectivity index (χ2v) is 7.23. The van der Waals surface area contributed by atoms with Gasteiger partial charge in [-0.25, -0.2) is 4.79 Å². The molecule has 2 aromatic rings. The Kier molecular flexibility index (Phi) is 6.74. The fraction of sp³-hybridized carbons (Fsp3) is 0.400. The van der Waals surface area contributed by atoms with Gasteiger partial charge in [0.25, 0.3) is 0 Å². The molecule has 2 aliphatic rings. The van der Waals surface area contributed by atoms with E-state index in [2.05, 4.69) is 21.4 Å². The van der Waals surface area contributed by atoms with Gasteiger partial charge in [-0.3, -0.25) is 24.9 Å². The van der Waals surface area contributed by atoms with E-state index in [0.29, 0.717) is 36.0 Å².